The van der Waals surface area contributed by atoms with Gasteiger partial charge >= 0.3 is 6.09 Å². The maximum absolute atomic E-state index is 13.8. The summed E-state index contributed by atoms with van der Waals surface area (Å²) in [6.07, 6.45) is 0.418. The van der Waals surface area contributed by atoms with Gasteiger partial charge in [-0.25, -0.2) is 27.3 Å². The average Bonchev–Trinajstić information content (AvgIpc) is 3.13. The fourth-order valence-electron chi connectivity index (χ4n) is 2.51. The van der Waals surface area contributed by atoms with E-state index >= 15 is 0 Å². The van der Waals surface area contributed by atoms with Crippen LogP contribution in [0.15, 0.2) is 52.5 Å². The maximum atomic E-state index is 13.8. The van der Waals surface area contributed by atoms with Crippen molar-refractivity contribution in [3.8, 4) is 5.69 Å². The molecule has 0 radical (unpaired) electrons. The molecule has 8 nitrogen and oxygen atoms in total. The van der Waals surface area contributed by atoms with Crippen molar-refractivity contribution in [2.75, 3.05) is 7.05 Å². The minimum absolute atomic E-state index is 0.115. The van der Waals surface area contributed by atoms with Crippen molar-refractivity contribution in [1.29, 1.82) is 0 Å². The van der Waals surface area contributed by atoms with E-state index in [9.17, 15) is 17.6 Å². The lowest BCUT2D eigenvalue weighted by Crippen LogP contribution is -2.19. The molecule has 0 atom stereocenters. The molecule has 0 aliphatic carbocycles. The van der Waals surface area contributed by atoms with Gasteiger partial charge in [-0.15, -0.1) is 0 Å². The molecule has 0 aliphatic rings. The summed E-state index contributed by atoms with van der Waals surface area (Å²) in [6.45, 7) is 1.42. The minimum Gasteiger partial charge on any atom is -0.443 e. The molecule has 152 valence electrons. The van der Waals surface area contributed by atoms with Crippen LogP contribution in [0.2, 0.25) is 5.15 Å². The number of hydrogen-bond donors (Lipinski definition) is 1. The molecule has 1 N–H and O–H groups in total. The van der Waals surface area contributed by atoms with Crippen LogP contribution in [0.4, 0.5) is 9.18 Å². The summed E-state index contributed by atoms with van der Waals surface area (Å²) >= 11 is 5.74. The molecule has 29 heavy (non-hydrogen) atoms. The van der Waals surface area contributed by atoms with Crippen LogP contribution >= 0.6 is 11.6 Å². The molecular formula is C18H16ClFN4O4S. The van der Waals surface area contributed by atoms with E-state index in [1.807, 2.05) is 0 Å². The molecule has 3 rings (SSSR count). The van der Waals surface area contributed by atoms with Crippen LogP contribution in [-0.4, -0.2) is 36.3 Å². The van der Waals surface area contributed by atoms with E-state index in [0.29, 0.717) is 5.56 Å². The lowest BCUT2D eigenvalue weighted by molar-refractivity contribution is 0.140. The van der Waals surface area contributed by atoms with Gasteiger partial charge in [0.25, 0.3) is 0 Å². The fourth-order valence-corrected chi connectivity index (χ4v) is 3.96. The van der Waals surface area contributed by atoms with Gasteiger partial charge < -0.3 is 10.1 Å². The number of alkyl carbamates (subject to hydrolysis) is 1. The molecule has 2 aromatic heterocycles. The van der Waals surface area contributed by atoms with E-state index < -0.39 is 21.7 Å². The quantitative estimate of drug-likeness (QED) is 0.614. The van der Waals surface area contributed by atoms with Crippen molar-refractivity contribution >= 4 is 27.5 Å². The average molecular weight is 439 g/mol. The first-order valence-corrected chi connectivity index (χ1v) is 10.1. The summed E-state index contributed by atoms with van der Waals surface area (Å²) < 4.78 is 46.3. The molecule has 0 aliphatic heterocycles. The van der Waals surface area contributed by atoms with Crippen LogP contribution in [0.25, 0.3) is 5.69 Å². The third-order valence-electron chi connectivity index (χ3n) is 3.97. The number of aromatic nitrogens is 3. The van der Waals surface area contributed by atoms with Crippen molar-refractivity contribution in [2.24, 2.45) is 0 Å². The van der Waals surface area contributed by atoms with Gasteiger partial charge in [-0.1, -0.05) is 17.7 Å². The predicted octanol–water partition coefficient (Wildman–Crippen LogP) is 3.06. The highest BCUT2D eigenvalue weighted by Crippen LogP contribution is 2.27. The second kappa shape index (κ2) is 8.18. The topological polar surface area (TPSA) is 103 Å². The number of ether oxygens (including phenoxy) is 1. The number of nitrogens with one attached hydrogen (secondary N) is 1. The molecular weight excluding hydrogens is 423 g/mol. The fraction of sp³-hybridized carbons (Fsp3) is 0.167. The molecule has 11 heteroatoms. The Morgan fingerprint density at radius 3 is 2.69 bits per heavy atom. The van der Waals surface area contributed by atoms with Gasteiger partial charge in [0.15, 0.2) is 5.03 Å². The normalized spacial score (nSPS) is 11.3. The lowest BCUT2D eigenvalue weighted by atomic mass is 10.2. The molecule has 0 saturated carbocycles. The molecule has 0 bridgehead atoms. The number of hydrogen-bond acceptors (Lipinski definition) is 6. The first-order valence-electron chi connectivity index (χ1n) is 8.29. The summed E-state index contributed by atoms with van der Waals surface area (Å²) in [4.78, 5) is 15.0. The molecule has 0 spiro atoms. The number of pyridine rings is 1. The first-order chi connectivity index (χ1) is 13.7. The Balaban J connectivity index is 2.15. The van der Waals surface area contributed by atoms with E-state index in [-0.39, 0.29) is 33.1 Å². The van der Waals surface area contributed by atoms with E-state index in [2.05, 4.69) is 15.4 Å². The van der Waals surface area contributed by atoms with Crippen LogP contribution in [0.5, 0.6) is 0 Å². The van der Waals surface area contributed by atoms with Crippen molar-refractivity contribution in [1.82, 2.24) is 20.1 Å². The molecule has 0 unspecified atom stereocenters. The monoisotopic (exact) mass is 438 g/mol. The largest absolute Gasteiger partial charge is 0.443 e. The summed E-state index contributed by atoms with van der Waals surface area (Å²) in [7, 11) is -2.70. The van der Waals surface area contributed by atoms with Gasteiger partial charge in [-0.3, -0.25) is 0 Å². The van der Waals surface area contributed by atoms with Crippen molar-refractivity contribution < 1.29 is 22.3 Å². The second-order valence-electron chi connectivity index (χ2n) is 5.96. The molecule has 3 aromatic rings. The summed E-state index contributed by atoms with van der Waals surface area (Å²) in [5.41, 5.74) is 0.994. The number of aryl methyl sites for hydroxylation is 1. The van der Waals surface area contributed by atoms with Gasteiger partial charge in [-0.05, 0) is 36.8 Å². The van der Waals surface area contributed by atoms with Crippen LogP contribution in [0, 0.1) is 12.7 Å². The molecule has 1 aromatic carbocycles. The number of nitrogens with zero attached hydrogens (tertiary/aromatic N) is 3. The van der Waals surface area contributed by atoms with Gasteiger partial charge in [0, 0.05) is 19.3 Å². The number of carbonyl (C=O) groups is 1. The summed E-state index contributed by atoms with van der Waals surface area (Å²) in [6, 6.07) is 7.85. The summed E-state index contributed by atoms with van der Waals surface area (Å²) in [5, 5.41) is 6.41. The zero-order chi connectivity index (χ0) is 21.2. The Morgan fingerprint density at radius 1 is 1.28 bits per heavy atom. The predicted molar refractivity (Wildman–Crippen MR) is 102 cm³/mol. The van der Waals surface area contributed by atoms with E-state index in [1.54, 1.807) is 6.92 Å². The molecule has 1 amide bonds. The number of sulfone groups is 1. The third kappa shape index (κ3) is 4.38. The Morgan fingerprint density at radius 2 is 2.03 bits per heavy atom. The van der Waals surface area contributed by atoms with Gasteiger partial charge in [-0.2, -0.15) is 5.10 Å². The van der Waals surface area contributed by atoms with Crippen molar-refractivity contribution in [3.63, 3.8) is 0 Å². The maximum Gasteiger partial charge on any atom is 0.407 e. The van der Waals surface area contributed by atoms with E-state index in [4.69, 9.17) is 16.3 Å². The lowest BCUT2D eigenvalue weighted by Gasteiger charge is -2.11. The van der Waals surface area contributed by atoms with E-state index in [1.165, 1.54) is 43.4 Å². The Hall–Kier alpha value is -2.98. The minimum atomic E-state index is -4.09. The van der Waals surface area contributed by atoms with Crippen LogP contribution in [0.1, 0.15) is 11.3 Å². The van der Waals surface area contributed by atoms with Crippen LogP contribution in [-0.2, 0) is 21.2 Å². The SMILES string of the molecule is CNC(=O)OCc1cc(S(=O)(=O)c2ccc(Cl)nc2)n(-c2cc(F)ccc2C)n1. The van der Waals surface area contributed by atoms with Crippen LogP contribution < -0.4 is 5.32 Å². The molecule has 0 saturated heterocycles. The number of amides is 1. The van der Waals surface area contributed by atoms with E-state index in [0.717, 1.165) is 10.9 Å². The first kappa shape index (κ1) is 20.7. The van der Waals surface area contributed by atoms with Gasteiger partial charge in [0.1, 0.15) is 23.3 Å². The zero-order valence-corrected chi connectivity index (χ0v) is 17.0. The smallest absolute Gasteiger partial charge is 0.407 e. The van der Waals surface area contributed by atoms with Gasteiger partial charge in [0.05, 0.1) is 10.6 Å². The Bertz CT molecular complexity index is 1160. The molecule has 0 fully saturated rings. The molecule has 2 heterocycles. The highest BCUT2D eigenvalue weighted by molar-refractivity contribution is 7.91. The van der Waals surface area contributed by atoms with Crippen molar-refractivity contribution in [3.05, 3.63) is 64.8 Å². The standard InChI is InChI=1S/C18H16ClFN4O4S/c1-11-3-4-12(20)7-15(11)24-17(8-13(23-24)10-28-18(25)21-2)29(26,27)14-5-6-16(19)22-9-14/h3-9H,10H2,1-2H3,(H,21,25). The van der Waals surface area contributed by atoms with Gasteiger partial charge in [0.2, 0.25) is 9.84 Å². The zero-order valence-electron chi connectivity index (χ0n) is 15.4. The van der Waals surface area contributed by atoms with Crippen molar-refractivity contribution in [2.45, 2.75) is 23.5 Å². The highest BCUT2D eigenvalue weighted by Gasteiger charge is 2.26. The highest BCUT2D eigenvalue weighted by atomic mass is 35.5. The number of carbonyl (C=O) groups excluding carboxylic acids is 1. The second-order valence-corrected chi connectivity index (χ2v) is 8.25. The number of halogens is 2. The summed E-state index contributed by atoms with van der Waals surface area (Å²) in [5.74, 6) is -0.555. The third-order valence-corrected chi connectivity index (χ3v) is 5.89. The van der Waals surface area contributed by atoms with Crippen LogP contribution in [0.3, 0.4) is 0 Å². The Kier molecular flexibility index (Phi) is 5.85. The number of rotatable bonds is 5. The number of benzene rings is 1. The Labute approximate surface area is 171 Å².